The Morgan fingerprint density at radius 2 is 2.20 bits per heavy atom. The van der Waals surface area contributed by atoms with Crippen LogP contribution in [0.1, 0.15) is 25.3 Å². The number of benzene rings is 1. The van der Waals surface area contributed by atoms with Gasteiger partial charge < -0.3 is 4.90 Å². The van der Waals surface area contributed by atoms with Crippen LogP contribution in [0.5, 0.6) is 0 Å². The van der Waals surface area contributed by atoms with Crippen molar-refractivity contribution in [3.05, 3.63) is 42.5 Å². The summed E-state index contributed by atoms with van der Waals surface area (Å²) < 4.78 is 1.90. The fourth-order valence-electron chi connectivity index (χ4n) is 4.14. The van der Waals surface area contributed by atoms with Crippen LogP contribution in [0.2, 0.25) is 0 Å². The van der Waals surface area contributed by atoms with Gasteiger partial charge >= 0.3 is 0 Å². The first-order chi connectivity index (χ1) is 12.2. The Hall–Kier alpha value is -2.21. The highest BCUT2D eigenvalue weighted by atomic mass is 16.2. The molecule has 25 heavy (non-hydrogen) atoms. The highest BCUT2D eigenvalue weighted by molar-refractivity contribution is 5.98. The molecule has 0 bridgehead atoms. The van der Waals surface area contributed by atoms with Gasteiger partial charge in [0, 0.05) is 25.3 Å². The lowest BCUT2D eigenvalue weighted by molar-refractivity contribution is -0.123. The zero-order chi connectivity index (χ0) is 17.2. The minimum atomic E-state index is -0.0790. The van der Waals surface area contributed by atoms with E-state index in [1.54, 1.807) is 12.7 Å². The lowest BCUT2D eigenvalue weighted by Gasteiger charge is -2.37. The average molecular weight is 339 g/mol. The second-order valence-corrected chi connectivity index (χ2v) is 7.17. The number of rotatable bonds is 4. The van der Waals surface area contributed by atoms with E-state index in [0.717, 1.165) is 44.7 Å². The molecule has 0 N–H and O–H groups in total. The van der Waals surface area contributed by atoms with Crippen LogP contribution < -0.4 is 4.90 Å². The molecule has 2 aliphatic heterocycles. The predicted molar refractivity (Wildman–Crippen MR) is 96.3 cm³/mol. The highest BCUT2D eigenvalue weighted by Gasteiger charge is 2.33. The molecule has 132 valence electrons. The molecule has 1 saturated heterocycles. The monoisotopic (exact) mass is 339 g/mol. The summed E-state index contributed by atoms with van der Waals surface area (Å²) in [6, 6.07) is 8.18. The van der Waals surface area contributed by atoms with E-state index < -0.39 is 0 Å². The molecule has 0 saturated carbocycles. The van der Waals surface area contributed by atoms with Gasteiger partial charge in [0.15, 0.2) is 0 Å². The van der Waals surface area contributed by atoms with E-state index >= 15 is 0 Å². The largest absolute Gasteiger partial charge is 0.310 e. The van der Waals surface area contributed by atoms with Crippen LogP contribution >= 0.6 is 0 Å². The molecule has 1 aromatic carbocycles. The fraction of sp³-hybridized carbons (Fsp3) is 0.526. The summed E-state index contributed by atoms with van der Waals surface area (Å²) >= 11 is 0. The van der Waals surface area contributed by atoms with Gasteiger partial charge in [-0.05, 0) is 50.3 Å². The minimum Gasteiger partial charge on any atom is -0.310 e. The lowest BCUT2D eigenvalue weighted by atomic mass is 9.96. The van der Waals surface area contributed by atoms with Crippen molar-refractivity contribution >= 4 is 11.6 Å². The molecule has 2 atom stereocenters. The first-order valence-electron chi connectivity index (χ1n) is 9.18. The van der Waals surface area contributed by atoms with Gasteiger partial charge in [-0.15, -0.1) is 0 Å². The van der Waals surface area contributed by atoms with E-state index in [-0.39, 0.29) is 11.9 Å². The number of carbonyl (C=O) groups excluding carboxylic acids is 1. The Morgan fingerprint density at radius 1 is 1.32 bits per heavy atom. The van der Waals surface area contributed by atoms with Crippen LogP contribution in [-0.4, -0.2) is 51.2 Å². The molecule has 1 fully saturated rings. The van der Waals surface area contributed by atoms with Crippen LogP contribution in [0.15, 0.2) is 36.9 Å². The smallest absolute Gasteiger partial charge is 0.244 e. The van der Waals surface area contributed by atoms with E-state index in [0.29, 0.717) is 5.92 Å². The molecule has 0 radical (unpaired) electrons. The van der Waals surface area contributed by atoms with Gasteiger partial charge in [-0.2, -0.15) is 5.10 Å². The summed E-state index contributed by atoms with van der Waals surface area (Å²) in [7, 11) is 0. The number of hydrogen-bond donors (Lipinski definition) is 0. The third-order valence-corrected chi connectivity index (χ3v) is 5.52. The predicted octanol–water partition coefficient (Wildman–Crippen LogP) is 1.97. The van der Waals surface area contributed by atoms with E-state index in [1.807, 2.05) is 15.6 Å². The molecular formula is C19H25N5O. The number of likely N-dealkylation sites (tertiary alicyclic amines) is 1. The topological polar surface area (TPSA) is 54.3 Å². The molecule has 0 spiro atoms. The molecule has 6 nitrogen and oxygen atoms in total. The number of hydrogen-bond acceptors (Lipinski definition) is 4. The summed E-state index contributed by atoms with van der Waals surface area (Å²) in [4.78, 5) is 21.4. The second kappa shape index (κ2) is 6.96. The number of para-hydroxylation sites is 1. The molecule has 1 amide bonds. The summed E-state index contributed by atoms with van der Waals surface area (Å²) in [6.45, 7) is 5.68. The van der Waals surface area contributed by atoms with Gasteiger partial charge in [-0.3, -0.25) is 14.4 Å². The van der Waals surface area contributed by atoms with E-state index in [9.17, 15) is 4.79 Å². The summed E-state index contributed by atoms with van der Waals surface area (Å²) in [5, 5.41) is 4.22. The van der Waals surface area contributed by atoms with Gasteiger partial charge in [0.2, 0.25) is 5.91 Å². The van der Waals surface area contributed by atoms with Crippen molar-refractivity contribution in [2.45, 2.75) is 38.8 Å². The van der Waals surface area contributed by atoms with E-state index in [4.69, 9.17) is 0 Å². The highest BCUT2D eigenvalue weighted by Crippen LogP contribution is 2.29. The van der Waals surface area contributed by atoms with E-state index in [2.05, 4.69) is 40.1 Å². The van der Waals surface area contributed by atoms with Crippen LogP contribution in [0, 0.1) is 5.92 Å². The van der Waals surface area contributed by atoms with Crippen molar-refractivity contribution in [3.63, 3.8) is 0 Å². The Kier molecular flexibility index (Phi) is 4.53. The number of aromatic nitrogens is 3. The number of carbonyl (C=O) groups is 1. The second-order valence-electron chi connectivity index (χ2n) is 7.17. The van der Waals surface area contributed by atoms with Gasteiger partial charge in [0.25, 0.3) is 0 Å². The fourth-order valence-corrected chi connectivity index (χ4v) is 4.14. The van der Waals surface area contributed by atoms with Crippen LogP contribution in [-0.2, 0) is 17.8 Å². The Bertz CT molecular complexity index is 729. The maximum absolute atomic E-state index is 13.1. The number of nitrogens with zero attached hydrogens (tertiary/aromatic N) is 5. The van der Waals surface area contributed by atoms with Crippen molar-refractivity contribution in [1.29, 1.82) is 0 Å². The maximum atomic E-state index is 13.1. The molecule has 4 rings (SSSR count). The molecular weight excluding hydrogens is 314 g/mol. The third-order valence-electron chi connectivity index (χ3n) is 5.52. The molecule has 3 heterocycles. The zero-order valence-electron chi connectivity index (χ0n) is 14.7. The van der Waals surface area contributed by atoms with Crippen molar-refractivity contribution in [1.82, 2.24) is 19.7 Å². The SMILES string of the molecule is C[C@@H](C(=O)N1CCc2ccccc21)N1CCC[C@H](Cn2cncn2)C1. The standard InChI is InChI=1S/C19H25N5O/c1-15(19(25)24-10-8-17-6-2-3-7-18(17)24)22-9-4-5-16(11-22)12-23-14-20-13-21-23/h2-3,6-7,13-16H,4-5,8-12H2,1H3/t15-,16-/m0/s1. The first kappa shape index (κ1) is 16.3. The molecule has 1 aromatic heterocycles. The van der Waals surface area contributed by atoms with Crippen molar-refractivity contribution < 1.29 is 4.79 Å². The molecule has 6 heteroatoms. The zero-order valence-corrected chi connectivity index (χ0v) is 14.7. The number of piperidine rings is 1. The van der Waals surface area contributed by atoms with Crippen LogP contribution in [0.25, 0.3) is 0 Å². The molecule has 2 aromatic rings. The van der Waals surface area contributed by atoms with Gasteiger partial charge in [-0.1, -0.05) is 18.2 Å². The van der Waals surface area contributed by atoms with Crippen LogP contribution in [0.3, 0.4) is 0 Å². The van der Waals surface area contributed by atoms with Crippen molar-refractivity contribution in [2.24, 2.45) is 5.92 Å². The van der Waals surface area contributed by atoms with Gasteiger partial charge in [0.1, 0.15) is 12.7 Å². The summed E-state index contributed by atoms with van der Waals surface area (Å²) in [6.07, 6.45) is 6.63. The summed E-state index contributed by atoms with van der Waals surface area (Å²) in [5.41, 5.74) is 2.38. The Balaban J connectivity index is 1.42. The summed E-state index contributed by atoms with van der Waals surface area (Å²) in [5.74, 6) is 0.753. The van der Waals surface area contributed by atoms with Crippen molar-refractivity contribution in [2.75, 3.05) is 24.5 Å². The maximum Gasteiger partial charge on any atom is 0.244 e. The third kappa shape index (κ3) is 3.31. The average Bonchev–Trinajstić information content (AvgIpc) is 3.30. The Labute approximate surface area is 148 Å². The van der Waals surface area contributed by atoms with Crippen LogP contribution in [0.4, 0.5) is 5.69 Å². The van der Waals surface area contributed by atoms with Gasteiger partial charge in [0.05, 0.1) is 6.04 Å². The minimum absolute atomic E-state index is 0.0790. The first-order valence-corrected chi connectivity index (χ1v) is 9.18. The quantitative estimate of drug-likeness (QED) is 0.855. The number of fused-ring (bicyclic) bond motifs is 1. The Morgan fingerprint density at radius 3 is 3.04 bits per heavy atom. The lowest BCUT2D eigenvalue weighted by Crippen LogP contribution is -2.50. The van der Waals surface area contributed by atoms with Gasteiger partial charge in [-0.25, -0.2) is 4.98 Å². The normalized spacial score (nSPS) is 22.0. The number of anilines is 1. The van der Waals surface area contributed by atoms with E-state index in [1.165, 1.54) is 12.0 Å². The van der Waals surface area contributed by atoms with Crippen molar-refractivity contribution in [3.8, 4) is 0 Å². The molecule has 0 unspecified atom stereocenters. The number of amides is 1. The molecule has 2 aliphatic rings. The molecule has 0 aliphatic carbocycles.